The van der Waals surface area contributed by atoms with Gasteiger partial charge in [0.1, 0.15) is 11.3 Å². The van der Waals surface area contributed by atoms with Gasteiger partial charge < -0.3 is 24.5 Å². The van der Waals surface area contributed by atoms with E-state index in [4.69, 9.17) is 9.15 Å². The molecule has 0 unspecified atom stereocenters. The van der Waals surface area contributed by atoms with Crippen LogP contribution in [0.1, 0.15) is 29.7 Å². The van der Waals surface area contributed by atoms with Gasteiger partial charge >= 0.3 is 0 Å². The van der Waals surface area contributed by atoms with Gasteiger partial charge in [0.25, 0.3) is 0 Å². The monoisotopic (exact) mass is 432 g/mol. The van der Waals surface area contributed by atoms with E-state index in [1.54, 1.807) is 13.2 Å². The standard InChI is InChI=1S/C25H28N4O3/c1-31-22-10-9-19-24(30)23(16-21-17-6-2-3-8-20(17)27-28-21)32-25(19)18(22)7-4-5-13-29-14-11-26-12-15-29/h2-3,6,8-10,16,26,30H,4-5,7,11-15H2,1H3. The number of aryl methyl sites for hydroxylation is 1. The molecule has 7 heteroatoms. The normalized spacial score (nSPS) is 17.3. The fraction of sp³-hybridized carbons (Fsp3) is 0.360. The molecule has 3 heterocycles. The molecule has 0 aliphatic carbocycles. The Labute approximate surface area is 187 Å². The fourth-order valence-corrected chi connectivity index (χ4v) is 4.47. The summed E-state index contributed by atoms with van der Waals surface area (Å²) in [5, 5.41) is 23.4. The lowest BCUT2D eigenvalue weighted by atomic mass is 10.0. The van der Waals surface area contributed by atoms with Crippen LogP contribution < -0.4 is 10.1 Å². The molecular weight excluding hydrogens is 404 g/mol. The molecule has 0 spiro atoms. The molecule has 1 fully saturated rings. The number of fused-ring (bicyclic) bond motifs is 2. The summed E-state index contributed by atoms with van der Waals surface area (Å²) in [7, 11) is 1.67. The SMILES string of the molecule is COc1ccc2c(O)c(C=C3N=Nc4ccccc43)oc2c1CCCCN1CCNCC1. The highest BCUT2D eigenvalue weighted by atomic mass is 16.5. The first-order chi connectivity index (χ1) is 15.7. The highest BCUT2D eigenvalue weighted by Crippen LogP contribution is 2.42. The van der Waals surface area contributed by atoms with Crippen molar-refractivity contribution >= 4 is 28.4 Å². The first kappa shape index (κ1) is 20.7. The highest BCUT2D eigenvalue weighted by molar-refractivity contribution is 5.95. The number of azo groups is 1. The molecule has 32 heavy (non-hydrogen) atoms. The lowest BCUT2D eigenvalue weighted by Crippen LogP contribution is -2.43. The summed E-state index contributed by atoms with van der Waals surface area (Å²) in [6.07, 6.45) is 4.72. The Morgan fingerprint density at radius 3 is 2.81 bits per heavy atom. The van der Waals surface area contributed by atoms with Crippen LogP contribution in [0.15, 0.2) is 51.0 Å². The van der Waals surface area contributed by atoms with Crippen LogP contribution in [0.3, 0.4) is 0 Å². The van der Waals surface area contributed by atoms with Gasteiger partial charge in [0, 0.05) is 43.4 Å². The predicted molar refractivity (Wildman–Crippen MR) is 126 cm³/mol. The summed E-state index contributed by atoms with van der Waals surface area (Å²) in [4.78, 5) is 2.51. The molecule has 7 nitrogen and oxygen atoms in total. The van der Waals surface area contributed by atoms with Crippen molar-refractivity contribution in [1.29, 1.82) is 0 Å². The Hall–Kier alpha value is -3.16. The quantitative estimate of drug-likeness (QED) is 0.515. The fourth-order valence-electron chi connectivity index (χ4n) is 4.47. The van der Waals surface area contributed by atoms with Crippen molar-refractivity contribution in [3.05, 3.63) is 53.3 Å². The van der Waals surface area contributed by atoms with E-state index in [1.807, 2.05) is 36.4 Å². The minimum atomic E-state index is 0.122. The van der Waals surface area contributed by atoms with Gasteiger partial charge in [-0.1, -0.05) is 18.2 Å². The number of aromatic hydroxyl groups is 1. The van der Waals surface area contributed by atoms with E-state index in [9.17, 15) is 5.11 Å². The molecule has 0 bridgehead atoms. The lowest BCUT2D eigenvalue weighted by molar-refractivity contribution is 0.237. The Morgan fingerprint density at radius 2 is 1.97 bits per heavy atom. The number of nitrogens with zero attached hydrogens (tertiary/aromatic N) is 3. The maximum atomic E-state index is 10.9. The minimum Gasteiger partial charge on any atom is -0.504 e. The van der Waals surface area contributed by atoms with Crippen molar-refractivity contribution < 1.29 is 14.3 Å². The van der Waals surface area contributed by atoms with Crippen molar-refractivity contribution in [2.45, 2.75) is 19.3 Å². The minimum absolute atomic E-state index is 0.122. The average molecular weight is 433 g/mol. The van der Waals surface area contributed by atoms with Crippen molar-refractivity contribution in [3.63, 3.8) is 0 Å². The third-order valence-corrected chi connectivity index (χ3v) is 6.21. The summed E-state index contributed by atoms with van der Waals surface area (Å²) in [6.45, 7) is 5.47. The van der Waals surface area contributed by atoms with Gasteiger partial charge in [-0.2, -0.15) is 0 Å². The van der Waals surface area contributed by atoms with E-state index in [0.29, 0.717) is 22.4 Å². The maximum absolute atomic E-state index is 10.9. The number of methoxy groups -OCH3 is 1. The highest BCUT2D eigenvalue weighted by Gasteiger charge is 2.21. The first-order valence-electron chi connectivity index (χ1n) is 11.2. The first-order valence-corrected chi connectivity index (χ1v) is 11.2. The molecule has 166 valence electrons. The van der Waals surface area contributed by atoms with Gasteiger partial charge in [-0.15, -0.1) is 10.2 Å². The number of rotatable bonds is 7. The zero-order valence-corrected chi connectivity index (χ0v) is 18.3. The third-order valence-electron chi connectivity index (χ3n) is 6.21. The molecule has 2 aromatic carbocycles. The second-order valence-corrected chi connectivity index (χ2v) is 8.23. The molecule has 2 N–H and O–H groups in total. The molecule has 0 amide bonds. The smallest absolute Gasteiger partial charge is 0.172 e. The Bertz CT molecular complexity index is 1180. The number of furan rings is 1. The van der Waals surface area contributed by atoms with E-state index in [2.05, 4.69) is 20.4 Å². The number of benzene rings is 2. The van der Waals surface area contributed by atoms with Gasteiger partial charge in [-0.05, 0) is 44.0 Å². The Balaban J connectivity index is 1.39. The van der Waals surface area contributed by atoms with Crippen molar-refractivity contribution in [3.8, 4) is 11.5 Å². The zero-order chi connectivity index (χ0) is 21.9. The molecule has 5 rings (SSSR count). The number of hydrogen-bond acceptors (Lipinski definition) is 7. The second-order valence-electron chi connectivity index (χ2n) is 8.23. The van der Waals surface area contributed by atoms with Crippen LogP contribution in [0.5, 0.6) is 11.5 Å². The van der Waals surface area contributed by atoms with Gasteiger partial charge in [0.2, 0.25) is 0 Å². The van der Waals surface area contributed by atoms with Gasteiger partial charge in [-0.25, -0.2) is 0 Å². The topological polar surface area (TPSA) is 82.6 Å². The van der Waals surface area contributed by atoms with Gasteiger partial charge in [0.05, 0.1) is 23.9 Å². The van der Waals surface area contributed by atoms with E-state index < -0.39 is 0 Å². The van der Waals surface area contributed by atoms with Crippen LogP contribution in [-0.4, -0.2) is 49.8 Å². The van der Waals surface area contributed by atoms with E-state index in [0.717, 1.165) is 74.6 Å². The largest absolute Gasteiger partial charge is 0.504 e. The van der Waals surface area contributed by atoms with E-state index in [-0.39, 0.29) is 5.75 Å². The lowest BCUT2D eigenvalue weighted by Gasteiger charge is -2.27. The number of piperazine rings is 1. The summed E-state index contributed by atoms with van der Waals surface area (Å²) in [5.41, 5.74) is 4.11. The number of nitrogens with one attached hydrogen (secondary N) is 1. The molecule has 0 radical (unpaired) electrons. The van der Waals surface area contributed by atoms with Crippen molar-refractivity contribution in [1.82, 2.24) is 10.2 Å². The molecular formula is C25H28N4O3. The Morgan fingerprint density at radius 1 is 1.12 bits per heavy atom. The second kappa shape index (κ2) is 9.14. The van der Waals surface area contributed by atoms with Crippen LogP contribution in [-0.2, 0) is 6.42 Å². The van der Waals surface area contributed by atoms with Crippen molar-refractivity contribution in [2.24, 2.45) is 10.2 Å². The average Bonchev–Trinajstić information content (AvgIpc) is 3.39. The maximum Gasteiger partial charge on any atom is 0.172 e. The number of unbranched alkanes of at least 4 members (excludes halogenated alkanes) is 1. The van der Waals surface area contributed by atoms with Crippen LogP contribution in [0.25, 0.3) is 22.7 Å². The molecule has 3 aromatic rings. The molecule has 2 aliphatic heterocycles. The third kappa shape index (κ3) is 4.01. The van der Waals surface area contributed by atoms with E-state index in [1.165, 1.54) is 0 Å². The zero-order valence-electron chi connectivity index (χ0n) is 18.3. The summed E-state index contributed by atoms with van der Waals surface area (Å²) < 4.78 is 11.8. The summed E-state index contributed by atoms with van der Waals surface area (Å²) in [6, 6.07) is 11.5. The molecule has 1 aromatic heterocycles. The predicted octanol–water partition coefficient (Wildman–Crippen LogP) is 4.97. The summed E-state index contributed by atoms with van der Waals surface area (Å²) >= 11 is 0. The van der Waals surface area contributed by atoms with Crippen LogP contribution >= 0.6 is 0 Å². The molecule has 0 saturated carbocycles. The van der Waals surface area contributed by atoms with Crippen LogP contribution in [0.2, 0.25) is 0 Å². The molecule has 2 aliphatic rings. The molecule has 1 saturated heterocycles. The van der Waals surface area contributed by atoms with Gasteiger partial charge in [-0.3, -0.25) is 0 Å². The number of hydrogen-bond donors (Lipinski definition) is 2. The van der Waals surface area contributed by atoms with Crippen LogP contribution in [0, 0.1) is 0 Å². The summed E-state index contributed by atoms with van der Waals surface area (Å²) in [5.74, 6) is 1.30. The number of ether oxygens (including phenoxy) is 1. The molecule has 0 atom stereocenters. The van der Waals surface area contributed by atoms with Gasteiger partial charge in [0.15, 0.2) is 11.5 Å². The van der Waals surface area contributed by atoms with Crippen molar-refractivity contribution in [2.75, 3.05) is 39.8 Å². The van der Waals surface area contributed by atoms with Crippen LogP contribution in [0.4, 0.5) is 5.69 Å². The van der Waals surface area contributed by atoms with E-state index >= 15 is 0 Å². The Kier molecular flexibility index (Phi) is 5.92.